The number of carbonyl (C=O) groups is 1. The SMILES string of the molecule is CN(C)CCN(C)CCC(N)(C(N)=O)c1ccccc1. The maximum absolute atomic E-state index is 11.8. The fourth-order valence-electron chi connectivity index (χ4n) is 2.00. The van der Waals surface area contributed by atoms with Gasteiger partial charge in [0, 0.05) is 19.6 Å². The second-order valence-corrected chi connectivity index (χ2v) is 5.56. The number of hydrogen-bond acceptors (Lipinski definition) is 4. The summed E-state index contributed by atoms with van der Waals surface area (Å²) >= 11 is 0. The molecule has 1 unspecified atom stereocenters. The van der Waals surface area contributed by atoms with Gasteiger partial charge in [-0.1, -0.05) is 30.3 Å². The molecule has 1 rings (SSSR count). The first-order valence-corrected chi connectivity index (χ1v) is 6.84. The molecule has 0 bridgehead atoms. The van der Waals surface area contributed by atoms with E-state index in [1.807, 2.05) is 51.5 Å². The molecule has 4 N–H and O–H groups in total. The second kappa shape index (κ2) is 7.38. The molecule has 0 aliphatic rings. The van der Waals surface area contributed by atoms with Crippen LogP contribution in [0.1, 0.15) is 12.0 Å². The molecule has 0 aliphatic heterocycles. The normalized spacial score (nSPS) is 14.5. The summed E-state index contributed by atoms with van der Waals surface area (Å²) in [5.41, 5.74) is 11.4. The quantitative estimate of drug-likeness (QED) is 0.713. The summed E-state index contributed by atoms with van der Waals surface area (Å²) in [5, 5.41) is 0. The number of nitrogens with two attached hydrogens (primary N) is 2. The highest BCUT2D eigenvalue weighted by Gasteiger charge is 2.33. The summed E-state index contributed by atoms with van der Waals surface area (Å²) in [6.07, 6.45) is 0.510. The average molecular weight is 278 g/mol. The van der Waals surface area contributed by atoms with Crippen LogP contribution < -0.4 is 11.5 Å². The van der Waals surface area contributed by atoms with Gasteiger partial charge in [-0.05, 0) is 33.1 Å². The van der Waals surface area contributed by atoms with Gasteiger partial charge in [0.25, 0.3) is 0 Å². The van der Waals surface area contributed by atoms with E-state index in [-0.39, 0.29) is 0 Å². The molecule has 112 valence electrons. The molecule has 5 heteroatoms. The summed E-state index contributed by atoms with van der Waals surface area (Å²) in [6.45, 7) is 2.62. The molecular formula is C15H26N4O. The summed E-state index contributed by atoms with van der Waals surface area (Å²) in [6, 6.07) is 9.34. The van der Waals surface area contributed by atoms with E-state index in [0.717, 1.165) is 25.2 Å². The molecule has 1 aromatic carbocycles. The van der Waals surface area contributed by atoms with Gasteiger partial charge in [-0.25, -0.2) is 0 Å². The lowest BCUT2D eigenvalue weighted by Crippen LogP contribution is -2.51. The van der Waals surface area contributed by atoms with Gasteiger partial charge in [0.15, 0.2) is 0 Å². The topological polar surface area (TPSA) is 75.6 Å². The molecule has 0 radical (unpaired) electrons. The van der Waals surface area contributed by atoms with Gasteiger partial charge in [0.2, 0.25) is 5.91 Å². The first kappa shape index (κ1) is 16.6. The van der Waals surface area contributed by atoms with Gasteiger partial charge in [-0.3, -0.25) is 4.79 Å². The van der Waals surface area contributed by atoms with Crippen molar-refractivity contribution in [1.82, 2.24) is 9.80 Å². The van der Waals surface area contributed by atoms with E-state index in [9.17, 15) is 4.79 Å². The minimum atomic E-state index is -1.10. The molecule has 1 aromatic rings. The van der Waals surface area contributed by atoms with Gasteiger partial charge in [0.1, 0.15) is 5.54 Å². The van der Waals surface area contributed by atoms with E-state index in [1.54, 1.807) is 0 Å². The smallest absolute Gasteiger partial charge is 0.242 e. The van der Waals surface area contributed by atoms with Crippen molar-refractivity contribution in [2.75, 3.05) is 40.8 Å². The van der Waals surface area contributed by atoms with Crippen molar-refractivity contribution in [1.29, 1.82) is 0 Å². The molecule has 1 amide bonds. The molecule has 0 heterocycles. The second-order valence-electron chi connectivity index (χ2n) is 5.56. The zero-order valence-corrected chi connectivity index (χ0v) is 12.7. The molecule has 1 atom stereocenters. The third-order valence-corrected chi connectivity index (χ3v) is 3.55. The van der Waals surface area contributed by atoms with Crippen molar-refractivity contribution in [2.24, 2.45) is 11.5 Å². The number of benzene rings is 1. The monoisotopic (exact) mass is 278 g/mol. The predicted molar refractivity (Wildman–Crippen MR) is 82.2 cm³/mol. The highest BCUT2D eigenvalue weighted by molar-refractivity contribution is 5.85. The fraction of sp³-hybridized carbons (Fsp3) is 0.533. The van der Waals surface area contributed by atoms with Gasteiger partial charge >= 0.3 is 0 Å². The Labute approximate surface area is 121 Å². The van der Waals surface area contributed by atoms with E-state index in [2.05, 4.69) is 9.80 Å². The highest BCUT2D eigenvalue weighted by Crippen LogP contribution is 2.22. The Morgan fingerprint density at radius 2 is 1.70 bits per heavy atom. The van der Waals surface area contributed by atoms with Crippen molar-refractivity contribution < 1.29 is 4.79 Å². The zero-order chi connectivity index (χ0) is 15.2. The summed E-state index contributed by atoms with van der Waals surface area (Å²) in [5.74, 6) is -0.482. The molecule has 0 spiro atoms. The minimum absolute atomic E-state index is 0.482. The lowest BCUT2D eigenvalue weighted by Gasteiger charge is -2.29. The lowest BCUT2D eigenvalue weighted by atomic mass is 9.87. The van der Waals surface area contributed by atoms with Crippen LogP contribution in [-0.2, 0) is 10.3 Å². The van der Waals surface area contributed by atoms with E-state index in [4.69, 9.17) is 11.5 Å². The van der Waals surface area contributed by atoms with Gasteiger partial charge in [-0.2, -0.15) is 0 Å². The highest BCUT2D eigenvalue weighted by atomic mass is 16.1. The summed E-state index contributed by atoms with van der Waals surface area (Å²) in [7, 11) is 6.10. The van der Waals surface area contributed by atoms with Crippen LogP contribution in [0.15, 0.2) is 30.3 Å². The molecule has 0 saturated carbocycles. The molecular weight excluding hydrogens is 252 g/mol. The van der Waals surface area contributed by atoms with Crippen LogP contribution in [0.5, 0.6) is 0 Å². The van der Waals surface area contributed by atoms with Gasteiger partial charge in [-0.15, -0.1) is 0 Å². The summed E-state index contributed by atoms with van der Waals surface area (Å²) in [4.78, 5) is 16.1. The minimum Gasteiger partial charge on any atom is -0.368 e. The number of likely N-dealkylation sites (N-methyl/N-ethyl adjacent to an activating group) is 2. The third kappa shape index (κ3) is 4.59. The van der Waals surface area contributed by atoms with Crippen LogP contribution in [0, 0.1) is 0 Å². The molecule has 5 nitrogen and oxygen atoms in total. The maximum atomic E-state index is 11.8. The van der Waals surface area contributed by atoms with Gasteiger partial charge in [0.05, 0.1) is 0 Å². The van der Waals surface area contributed by atoms with Crippen molar-refractivity contribution in [2.45, 2.75) is 12.0 Å². The first-order chi connectivity index (χ1) is 9.36. The van der Waals surface area contributed by atoms with Crippen LogP contribution in [0.4, 0.5) is 0 Å². The van der Waals surface area contributed by atoms with Crippen molar-refractivity contribution in [3.63, 3.8) is 0 Å². The van der Waals surface area contributed by atoms with E-state index >= 15 is 0 Å². The lowest BCUT2D eigenvalue weighted by molar-refractivity contribution is -0.123. The Kier molecular flexibility index (Phi) is 6.13. The Morgan fingerprint density at radius 3 is 2.20 bits per heavy atom. The fourth-order valence-corrected chi connectivity index (χ4v) is 2.00. The number of primary amides is 1. The zero-order valence-electron chi connectivity index (χ0n) is 12.7. The third-order valence-electron chi connectivity index (χ3n) is 3.55. The van der Waals surface area contributed by atoms with Crippen LogP contribution in [0.2, 0.25) is 0 Å². The number of carbonyl (C=O) groups excluding carboxylic acids is 1. The largest absolute Gasteiger partial charge is 0.368 e. The van der Waals surface area contributed by atoms with E-state index in [1.165, 1.54) is 0 Å². The predicted octanol–water partition coefficient (Wildman–Crippen LogP) is 0.209. The van der Waals surface area contributed by atoms with E-state index < -0.39 is 11.4 Å². The summed E-state index contributed by atoms with van der Waals surface area (Å²) < 4.78 is 0. The van der Waals surface area contributed by atoms with Crippen molar-refractivity contribution >= 4 is 5.91 Å². The molecule has 0 fully saturated rings. The first-order valence-electron chi connectivity index (χ1n) is 6.84. The molecule has 0 aromatic heterocycles. The van der Waals surface area contributed by atoms with Crippen LogP contribution in [0.25, 0.3) is 0 Å². The molecule has 20 heavy (non-hydrogen) atoms. The standard InChI is InChI=1S/C15H26N4O/c1-18(2)11-12-19(3)10-9-15(17,14(16)20)13-7-5-4-6-8-13/h4-8H,9-12,17H2,1-3H3,(H2,16,20). The van der Waals surface area contributed by atoms with Crippen LogP contribution in [-0.4, -0.2) is 56.5 Å². The number of hydrogen-bond donors (Lipinski definition) is 2. The Morgan fingerprint density at radius 1 is 1.10 bits per heavy atom. The maximum Gasteiger partial charge on any atom is 0.242 e. The number of amides is 1. The average Bonchev–Trinajstić information content (AvgIpc) is 2.43. The molecule has 0 saturated heterocycles. The Hall–Kier alpha value is -1.43. The van der Waals surface area contributed by atoms with Gasteiger partial charge < -0.3 is 21.3 Å². The number of rotatable bonds is 8. The van der Waals surface area contributed by atoms with E-state index in [0.29, 0.717) is 6.42 Å². The number of nitrogens with zero attached hydrogens (tertiary/aromatic N) is 2. The van der Waals surface area contributed by atoms with Crippen molar-refractivity contribution in [3.05, 3.63) is 35.9 Å². The van der Waals surface area contributed by atoms with Crippen LogP contribution in [0.3, 0.4) is 0 Å². The Balaban J connectivity index is 2.67. The molecule has 0 aliphatic carbocycles. The van der Waals surface area contributed by atoms with Crippen molar-refractivity contribution in [3.8, 4) is 0 Å². The Bertz CT molecular complexity index is 421. The van der Waals surface area contributed by atoms with Crippen LogP contribution >= 0.6 is 0 Å².